The molecule has 4 nitrogen and oxygen atoms in total. The number of anilines is 1. The number of amides is 1. The monoisotopic (exact) mass is 307 g/mol. The molecule has 1 amide bonds. The molecule has 0 aliphatic rings. The third kappa shape index (κ3) is 3.80. The van der Waals surface area contributed by atoms with Crippen molar-refractivity contribution in [3.63, 3.8) is 0 Å². The third-order valence-corrected chi connectivity index (χ3v) is 3.51. The molecular weight excluding hydrogens is 290 g/mol. The molecule has 0 radical (unpaired) electrons. The Balaban J connectivity index is 1.59. The molecular formula is C19H17NO3. The Bertz CT molecular complexity index is 777. The molecule has 116 valence electrons. The van der Waals surface area contributed by atoms with Gasteiger partial charge in [0.1, 0.15) is 12.4 Å². The molecule has 1 aromatic heterocycles. The predicted octanol–water partition coefficient (Wildman–Crippen LogP) is 4.42. The first-order valence-corrected chi connectivity index (χ1v) is 7.34. The Labute approximate surface area is 134 Å². The lowest BCUT2D eigenvalue weighted by atomic mass is 10.1. The smallest absolute Gasteiger partial charge is 0.291 e. The third-order valence-electron chi connectivity index (χ3n) is 3.51. The van der Waals surface area contributed by atoms with Crippen LogP contribution in [0.25, 0.3) is 0 Å². The summed E-state index contributed by atoms with van der Waals surface area (Å²) in [7, 11) is 0. The van der Waals surface area contributed by atoms with Gasteiger partial charge in [0.05, 0.1) is 6.26 Å². The van der Waals surface area contributed by atoms with Crippen LogP contribution in [0.15, 0.2) is 71.3 Å². The van der Waals surface area contributed by atoms with Gasteiger partial charge in [-0.2, -0.15) is 0 Å². The van der Waals surface area contributed by atoms with Gasteiger partial charge in [-0.3, -0.25) is 4.79 Å². The molecule has 0 saturated carbocycles. The van der Waals surface area contributed by atoms with Crippen LogP contribution < -0.4 is 10.1 Å². The topological polar surface area (TPSA) is 51.5 Å². The summed E-state index contributed by atoms with van der Waals surface area (Å²) in [4.78, 5) is 11.9. The van der Waals surface area contributed by atoms with Gasteiger partial charge in [0, 0.05) is 5.69 Å². The Hall–Kier alpha value is -3.01. The van der Waals surface area contributed by atoms with Gasteiger partial charge in [-0.25, -0.2) is 0 Å². The number of rotatable bonds is 5. The quantitative estimate of drug-likeness (QED) is 0.759. The summed E-state index contributed by atoms with van der Waals surface area (Å²) < 4.78 is 10.8. The van der Waals surface area contributed by atoms with Crippen LogP contribution in [0.5, 0.6) is 5.75 Å². The Morgan fingerprint density at radius 1 is 1.04 bits per heavy atom. The molecule has 4 heteroatoms. The largest absolute Gasteiger partial charge is 0.489 e. The molecule has 0 aliphatic carbocycles. The van der Waals surface area contributed by atoms with Crippen molar-refractivity contribution >= 4 is 11.6 Å². The number of benzene rings is 2. The van der Waals surface area contributed by atoms with E-state index in [1.807, 2.05) is 30.3 Å². The second-order valence-electron chi connectivity index (χ2n) is 5.17. The van der Waals surface area contributed by atoms with E-state index in [0.717, 1.165) is 11.3 Å². The molecule has 0 saturated heterocycles. The highest BCUT2D eigenvalue weighted by molar-refractivity contribution is 6.02. The Morgan fingerprint density at radius 3 is 2.52 bits per heavy atom. The van der Waals surface area contributed by atoms with Crippen molar-refractivity contribution in [1.29, 1.82) is 0 Å². The first-order valence-electron chi connectivity index (χ1n) is 7.34. The minimum absolute atomic E-state index is 0.274. The highest BCUT2D eigenvalue weighted by Gasteiger charge is 2.08. The van der Waals surface area contributed by atoms with E-state index in [9.17, 15) is 4.79 Å². The van der Waals surface area contributed by atoms with Gasteiger partial charge in [-0.1, -0.05) is 24.3 Å². The van der Waals surface area contributed by atoms with E-state index in [-0.39, 0.29) is 11.7 Å². The highest BCUT2D eigenvalue weighted by Crippen LogP contribution is 2.18. The standard InChI is InChI=1S/C19H17NO3/c1-14-5-2-3-6-15(14)13-23-17-10-8-16(9-11-17)20-19(21)18-7-4-12-22-18/h2-12H,13H2,1H3,(H,20,21). The lowest BCUT2D eigenvalue weighted by Crippen LogP contribution is -2.10. The van der Waals surface area contributed by atoms with Gasteiger partial charge in [0.25, 0.3) is 5.91 Å². The van der Waals surface area contributed by atoms with E-state index in [1.54, 1.807) is 24.3 Å². The molecule has 2 aromatic carbocycles. The fourth-order valence-corrected chi connectivity index (χ4v) is 2.17. The minimum Gasteiger partial charge on any atom is -0.489 e. The molecule has 0 spiro atoms. The first kappa shape index (κ1) is 14.9. The Kier molecular flexibility index (Phi) is 4.43. The van der Waals surface area contributed by atoms with Crippen LogP contribution in [-0.2, 0) is 6.61 Å². The number of aryl methyl sites for hydroxylation is 1. The maximum absolute atomic E-state index is 11.9. The molecule has 0 bridgehead atoms. The summed E-state index contributed by atoms with van der Waals surface area (Å²) in [5, 5.41) is 2.77. The summed E-state index contributed by atoms with van der Waals surface area (Å²) in [5.74, 6) is 0.762. The first-order chi connectivity index (χ1) is 11.2. The van der Waals surface area contributed by atoms with E-state index in [4.69, 9.17) is 9.15 Å². The van der Waals surface area contributed by atoms with Gasteiger partial charge >= 0.3 is 0 Å². The van der Waals surface area contributed by atoms with Gasteiger partial charge in [-0.15, -0.1) is 0 Å². The van der Waals surface area contributed by atoms with Crippen LogP contribution in [0.4, 0.5) is 5.69 Å². The molecule has 0 unspecified atom stereocenters. The van der Waals surface area contributed by atoms with E-state index in [1.165, 1.54) is 11.8 Å². The average molecular weight is 307 g/mol. The number of ether oxygens (including phenoxy) is 1. The highest BCUT2D eigenvalue weighted by atomic mass is 16.5. The molecule has 0 aliphatic heterocycles. The number of carbonyl (C=O) groups is 1. The molecule has 1 N–H and O–H groups in total. The van der Waals surface area contributed by atoms with E-state index in [2.05, 4.69) is 18.3 Å². The lowest BCUT2D eigenvalue weighted by Gasteiger charge is -2.09. The van der Waals surface area contributed by atoms with Crippen LogP contribution in [0.3, 0.4) is 0 Å². The van der Waals surface area contributed by atoms with Gasteiger partial charge < -0.3 is 14.5 Å². The van der Waals surface area contributed by atoms with Crippen molar-refractivity contribution in [2.24, 2.45) is 0 Å². The zero-order chi connectivity index (χ0) is 16.1. The fourth-order valence-electron chi connectivity index (χ4n) is 2.17. The summed E-state index contributed by atoms with van der Waals surface area (Å²) in [6.07, 6.45) is 1.47. The molecule has 23 heavy (non-hydrogen) atoms. The molecule has 3 rings (SSSR count). The van der Waals surface area contributed by atoms with Crippen LogP contribution in [-0.4, -0.2) is 5.91 Å². The molecule has 3 aromatic rings. The lowest BCUT2D eigenvalue weighted by molar-refractivity contribution is 0.0996. The number of furan rings is 1. The number of hydrogen-bond donors (Lipinski definition) is 1. The minimum atomic E-state index is -0.274. The van der Waals surface area contributed by atoms with Gasteiger partial charge in [-0.05, 0) is 54.4 Å². The second-order valence-corrected chi connectivity index (χ2v) is 5.17. The average Bonchev–Trinajstić information content (AvgIpc) is 3.10. The number of carbonyl (C=O) groups excluding carboxylic acids is 1. The summed E-state index contributed by atoms with van der Waals surface area (Å²) in [6.45, 7) is 2.58. The molecule has 0 fully saturated rings. The van der Waals surface area contributed by atoms with Gasteiger partial charge in [0.2, 0.25) is 0 Å². The summed E-state index contributed by atoms with van der Waals surface area (Å²) >= 11 is 0. The molecule has 0 atom stereocenters. The van der Waals surface area contributed by atoms with Crippen molar-refractivity contribution in [3.05, 3.63) is 83.8 Å². The van der Waals surface area contributed by atoms with Crippen molar-refractivity contribution in [2.45, 2.75) is 13.5 Å². The second kappa shape index (κ2) is 6.83. The number of nitrogens with one attached hydrogen (secondary N) is 1. The van der Waals surface area contributed by atoms with E-state index < -0.39 is 0 Å². The molecule has 1 heterocycles. The number of hydrogen-bond acceptors (Lipinski definition) is 3. The zero-order valence-corrected chi connectivity index (χ0v) is 12.8. The Morgan fingerprint density at radius 2 is 1.83 bits per heavy atom. The predicted molar refractivity (Wildman–Crippen MR) is 88.6 cm³/mol. The fraction of sp³-hybridized carbons (Fsp3) is 0.105. The van der Waals surface area contributed by atoms with Crippen molar-refractivity contribution in [1.82, 2.24) is 0 Å². The van der Waals surface area contributed by atoms with Crippen molar-refractivity contribution in [2.75, 3.05) is 5.32 Å². The van der Waals surface area contributed by atoms with Crippen LogP contribution in [0.2, 0.25) is 0 Å². The van der Waals surface area contributed by atoms with Crippen molar-refractivity contribution in [3.8, 4) is 5.75 Å². The van der Waals surface area contributed by atoms with E-state index >= 15 is 0 Å². The van der Waals surface area contributed by atoms with Crippen LogP contribution in [0.1, 0.15) is 21.7 Å². The van der Waals surface area contributed by atoms with Gasteiger partial charge in [0.15, 0.2) is 5.76 Å². The normalized spacial score (nSPS) is 10.3. The summed E-state index contributed by atoms with van der Waals surface area (Å²) in [5.41, 5.74) is 3.05. The maximum atomic E-state index is 11.9. The SMILES string of the molecule is Cc1ccccc1COc1ccc(NC(=O)c2ccco2)cc1. The zero-order valence-electron chi connectivity index (χ0n) is 12.8. The van der Waals surface area contributed by atoms with Crippen LogP contribution >= 0.6 is 0 Å². The van der Waals surface area contributed by atoms with Crippen LogP contribution in [0, 0.1) is 6.92 Å². The maximum Gasteiger partial charge on any atom is 0.291 e. The van der Waals surface area contributed by atoms with Crippen molar-refractivity contribution < 1.29 is 13.9 Å². The summed E-state index contributed by atoms with van der Waals surface area (Å²) in [6, 6.07) is 18.7. The van der Waals surface area contributed by atoms with E-state index in [0.29, 0.717) is 12.3 Å².